The predicted molar refractivity (Wildman–Crippen MR) is 87.2 cm³/mol. The van der Waals surface area contributed by atoms with Crippen LogP contribution in [0.25, 0.3) is 0 Å². The molecule has 122 valence electrons. The molecule has 4 aliphatic rings. The van der Waals surface area contributed by atoms with Crippen molar-refractivity contribution in [3.8, 4) is 5.75 Å². The Labute approximate surface area is 140 Å². The maximum atomic E-state index is 12.8. The topological polar surface area (TPSA) is 59.0 Å². The number of hydrogen-bond acceptors (Lipinski definition) is 4. The molecule has 24 heavy (non-hydrogen) atoms. The number of hydrazone groups is 1. The minimum absolute atomic E-state index is 0.127. The number of allylic oxidation sites excluding steroid dienone is 2. The van der Waals surface area contributed by atoms with Crippen LogP contribution in [-0.4, -0.2) is 30.1 Å². The standard InChI is InChI=1S/C19H18N2O3/c1-24-12-4-2-11(3-5-12)10-20-21-17(22)15-13-6-7-14(16(15)18(21)23)19(13)8-9-19/h2-7,10,13-16H,8-9H2,1H3/b20-10-/t13-,14-,15-,16+/m1/s1. The molecule has 1 aromatic carbocycles. The monoisotopic (exact) mass is 322 g/mol. The van der Waals surface area contributed by atoms with Gasteiger partial charge in [-0.1, -0.05) is 12.2 Å². The van der Waals surface area contributed by atoms with Crippen LogP contribution in [0.15, 0.2) is 41.5 Å². The highest BCUT2D eigenvalue weighted by Crippen LogP contribution is 2.73. The summed E-state index contributed by atoms with van der Waals surface area (Å²) in [4.78, 5) is 25.5. The molecular formula is C19H18N2O3. The SMILES string of the molecule is COc1ccc(/C=N\N2C(=O)[C@@H]3[C@H](C2=O)[C@H]2C=C[C@H]3C23CC3)cc1. The van der Waals surface area contributed by atoms with E-state index in [-0.39, 0.29) is 40.9 Å². The second kappa shape index (κ2) is 4.56. The molecule has 2 amide bonds. The molecule has 5 nitrogen and oxygen atoms in total. The Morgan fingerprint density at radius 1 is 1.08 bits per heavy atom. The third kappa shape index (κ3) is 1.62. The van der Waals surface area contributed by atoms with Crippen molar-refractivity contribution in [2.45, 2.75) is 12.8 Å². The Bertz CT molecular complexity index is 757. The van der Waals surface area contributed by atoms with Gasteiger partial charge in [0.1, 0.15) is 5.75 Å². The third-order valence-corrected chi connectivity index (χ3v) is 6.27. The van der Waals surface area contributed by atoms with Gasteiger partial charge in [-0.15, -0.1) is 0 Å². The quantitative estimate of drug-likeness (QED) is 0.487. The number of carbonyl (C=O) groups excluding carboxylic acids is 2. The highest BCUT2D eigenvalue weighted by atomic mass is 16.5. The van der Waals surface area contributed by atoms with Crippen molar-refractivity contribution in [1.82, 2.24) is 5.01 Å². The van der Waals surface area contributed by atoms with Gasteiger partial charge in [-0.2, -0.15) is 10.1 Å². The summed E-state index contributed by atoms with van der Waals surface area (Å²) in [5.74, 6) is 0.601. The zero-order valence-corrected chi connectivity index (χ0v) is 13.4. The van der Waals surface area contributed by atoms with Gasteiger partial charge in [0.2, 0.25) is 0 Å². The van der Waals surface area contributed by atoms with Gasteiger partial charge >= 0.3 is 0 Å². The van der Waals surface area contributed by atoms with E-state index >= 15 is 0 Å². The lowest BCUT2D eigenvalue weighted by Gasteiger charge is -2.18. The average Bonchev–Trinajstić information content (AvgIpc) is 3.21. The van der Waals surface area contributed by atoms with Crippen molar-refractivity contribution in [3.63, 3.8) is 0 Å². The molecule has 3 aliphatic carbocycles. The van der Waals surface area contributed by atoms with E-state index in [4.69, 9.17) is 4.74 Å². The number of rotatable bonds is 3. The van der Waals surface area contributed by atoms with Crippen LogP contribution in [0.2, 0.25) is 0 Å². The van der Waals surface area contributed by atoms with Gasteiger partial charge in [-0.25, -0.2) is 0 Å². The Morgan fingerprint density at radius 3 is 2.17 bits per heavy atom. The van der Waals surface area contributed by atoms with E-state index in [2.05, 4.69) is 17.3 Å². The summed E-state index contributed by atoms with van der Waals surface area (Å²) in [6, 6.07) is 7.34. The zero-order valence-electron chi connectivity index (χ0n) is 13.4. The van der Waals surface area contributed by atoms with Crippen LogP contribution < -0.4 is 4.74 Å². The molecule has 0 aromatic heterocycles. The highest BCUT2D eigenvalue weighted by molar-refractivity contribution is 6.07. The number of fused-ring (bicyclic) bond motifs is 3. The Hall–Kier alpha value is -2.43. The largest absolute Gasteiger partial charge is 0.497 e. The number of nitrogens with zero attached hydrogens (tertiary/aromatic N) is 2. The van der Waals surface area contributed by atoms with Gasteiger partial charge in [0.05, 0.1) is 25.2 Å². The van der Waals surface area contributed by atoms with Crippen molar-refractivity contribution in [3.05, 3.63) is 42.0 Å². The van der Waals surface area contributed by atoms with Gasteiger partial charge in [0.15, 0.2) is 0 Å². The lowest BCUT2D eigenvalue weighted by atomic mass is 9.85. The predicted octanol–water partition coefficient (Wildman–Crippen LogP) is 2.23. The summed E-state index contributed by atoms with van der Waals surface area (Å²) in [6.07, 6.45) is 8.20. The number of ether oxygens (including phenoxy) is 1. The molecule has 1 heterocycles. The highest BCUT2D eigenvalue weighted by Gasteiger charge is 2.73. The van der Waals surface area contributed by atoms with Crippen LogP contribution in [0.1, 0.15) is 18.4 Å². The molecule has 4 atom stereocenters. The summed E-state index contributed by atoms with van der Waals surface area (Å²) in [5.41, 5.74) is 1.06. The number of carbonyl (C=O) groups is 2. The van der Waals surface area contributed by atoms with E-state index in [9.17, 15) is 9.59 Å². The normalized spacial score (nSPS) is 34.6. The Balaban J connectivity index is 1.40. The van der Waals surface area contributed by atoms with Gasteiger partial charge < -0.3 is 4.74 Å². The van der Waals surface area contributed by atoms with E-state index in [0.29, 0.717) is 0 Å². The number of benzene rings is 1. The molecule has 0 radical (unpaired) electrons. The van der Waals surface area contributed by atoms with E-state index in [1.165, 1.54) is 0 Å². The number of hydrogen-bond donors (Lipinski definition) is 0. The molecule has 3 fully saturated rings. The summed E-state index contributed by atoms with van der Waals surface area (Å²) >= 11 is 0. The summed E-state index contributed by atoms with van der Waals surface area (Å²) in [6.45, 7) is 0. The van der Waals surface area contributed by atoms with Crippen LogP contribution in [0.3, 0.4) is 0 Å². The maximum Gasteiger partial charge on any atom is 0.254 e. The van der Waals surface area contributed by atoms with Crippen LogP contribution >= 0.6 is 0 Å². The summed E-state index contributed by atoms with van der Waals surface area (Å²) < 4.78 is 5.12. The molecule has 5 rings (SSSR count). The first-order chi connectivity index (χ1) is 11.7. The first-order valence-electron chi connectivity index (χ1n) is 8.40. The second-order valence-electron chi connectivity index (χ2n) is 7.23. The minimum Gasteiger partial charge on any atom is -0.497 e. The van der Waals surface area contributed by atoms with Crippen LogP contribution in [-0.2, 0) is 9.59 Å². The van der Waals surface area contributed by atoms with Crippen molar-refractivity contribution in [2.75, 3.05) is 7.11 Å². The smallest absolute Gasteiger partial charge is 0.254 e. The number of imide groups is 1. The van der Waals surface area contributed by atoms with Crippen LogP contribution in [0.4, 0.5) is 0 Å². The average molecular weight is 322 g/mol. The van der Waals surface area contributed by atoms with Crippen molar-refractivity contribution >= 4 is 18.0 Å². The van der Waals surface area contributed by atoms with E-state index in [0.717, 1.165) is 29.2 Å². The summed E-state index contributed by atoms with van der Waals surface area (Å²) in [7, 11) is 1.61. The van der Waals surface area contributed by atoms with Crippen LogP contribution in [0.5, 0.6) is 5.75 Å². The second-order valence-corrected chi connectivity index (χ2v) is 7.23. The van der Waals surface area contributed by atoms with Gasteiger partial charge in [-0.3, -0.25) is 9.59 Å². The van der Waals surface area contributed by atoms with E-state index in [1.807, 2.05) is 24.3 Å². The van der Waals surface area contributed by atoms with Crippen molar-refractivity contribution in [1.29, 1.82) is 0 Å². The third-order valence-electron chi connectivity index (χ3n) is 6.27. The van der Waals surface area contributed by atoms with E-state index < -0.39 is 0 Å². The van der Waals surface area contributed by atoms with Crippen LogP contribution in [0, 0.1) is 29.1 Å². The molecule has 1 saturated heterocycles. The van der Waals surface area contributed by atoms with Gasteiger partial charge in [0, 0.05) is 0 Å². The molecule has 1 aromatic rings. The van der Waals surface area contributed by atoms with Crippen molar-refractivity contribution < 1.29 is 14.3 Å². The molecule has 2 bridgehead atoms. The minimum atomic E-state index is -0.192. The van der Waals surface area contributed by atoms with Gasteiger partial charge in [-0.05, 0) is 59.9 Å². The first kappa shape index (κ1) is 14.0. The molecule has 1 spiro atoms. The Kier molecular flexibility index (Phi) is 2.65. The van der Waals surface area contributed by atoms with Crippen molar-refractivity contribution in [2.24, 2.45) is 34.2 Å². The maximum absolute atomic E-state index is 12.8. The zero-order chi connectivity index (χ0) is 16.5. The van der Waals surface area contributed by atoms with E-state index in [1.54, 1.807) is 13.3 Å². The molecule has 0 N–H and O–H groups in total. The number of amides is 2. The lowest BCUT2D eigenvalue weighted by Crippen LogP contribution is -2.30. The molecule has 5 heteroatoms. The molecule has 1 aliphatic heterocycles. The lowest BCUT2D eigenvalue weighted by molar-refractivity contribution is -0.141. The molecule has 2 saturated carbocycles. The fourth-order valence-electron chi connectivity index (χ4n) is 4.99. The summed E-state index contributed by atoms with van der Waals surface area (Å²) in [5, 5.41) is 5.30. The number of methoxy groups -OCH3 is 1. The first-order valence-corrected chi connectivity index (χ1v) is 8.40. The fraction of sp³-hybridized carbons (Fsp3) is 0.421. The fourth-order valence-corrected chi connectivity index (χ4v) is 4.99. The Morgan fingerprint density at radius 2 is 1.67 bits per heavy atom. The molecule has 0 unspecified atom stereocenters. The van der Waals surface area contributed by atoms with Gasteiger partial charge in [0.25, 0.3) is 11.8 Å². The molecular weight excluding hydrogens is 304 g/mol.